The van der Waals surface area contributed by atoms with E-state index in [-0.39, 0.29) is 23.1 Å². The standard InChI is InChI=1S/C25H28FN3O2/c1-15-23(27)29-25(28-15)20-13-16(19-5-4-6-21(31-3)22(19)26)7-8-17(20)14-24(25)11-9-18(30-2)10-12-24/h4-8,13,18H,9-12,14H2,1-3H3,(H2,27,29). The van der Waals surface area contributed by atoms with Crippen LogP contribution < -0.4 is 10.5 Å². The highest BCUT2D eigenvalue weighted by atomic mass is 19.1. The number of aliphatic imine (C=N–C) groups is 2. The summed E-state index contributed by atoms with van der Waals surface area (Å²) in [6, 6.07) is 11.4. The van der Waals surface area contributed by atoms with E-state index in [1.165, 1.54) is 12.7 Å². The Hall–Kier alpha value is -2.73. The third kappa shape index (κ3) is 2.84. The van der Waals surface area contributed by atoms with E-state index in [4.69, 9.17) is 25.2 Å². The number of hydrogen-bond donors (Lipinski definition) is 1. The average Bonchev–Trinajstić information content (AvgIpc) is 3.22. The van der Waals surface area contributed by atoms with Crippen molar-refractivity contribution in [3.8, 4) is 16.9 Å². The minimum absolute atomic E-state index is 0.127. The molecule has 1 unspecified atom stereocenters. The van der Waals surface area contributed by atoms with Gasteiger partial charge in [-0.1, -0.05) is 24.3 Å². The molecule has 0 bridgehead atoms. The fourth-order valence-corrected chi connectivity index (χ4v) is 5.73. The van der Waals surface area contributed by atoms with E-state index < -0.39 is 5.66 Å². The van der Waals surface area contributed by atoms with E-state index in [2.05, 4.69) is 12.1 Å². The van der Waals surface area contributed by atoms with Gasteiger partial charge in [-0.15, -0.1) is 0 Å². The van der Waals surface area contributed by atoms with E-state index in [0.29, 0.717) is 11.4 Å². The molecule has 1 heterocycles. The molecule has 0 radical (unpaired) electrons. The predicted molar refractivity (Wildman–Crippen MR) is 120 cm³/mol. The third-order valence-corrected chi connectivity index (χ3v) is 7.45. The van der Waals surface area contributed by atoms with Gasteiger partial charge in [0.2, 0.25) is 0 Å². The molecule has 2 N–H and O–H groups in total. The Morgan fingerprint density at radius 1 is 1.10 bits per heavy atom. The number of hydrogen-bond acceptors (Lipinski definition) is 5. The summed E-state index contributed by atoms with van der Waals surface area (Å²) in [5.41, 5.74) is 9.75. The van der Waals surface area contributed by atoms with E-state index >= 15 is 4.39 Å². The summed E-state index contributed by atoms with van der Waals surface area (Å²) in [4.78, 5) is 10.1. The summed E-state index contributed by atoms with van der Waals surface area (Å²) in [6.45, 7) is 1.92. The van der Waals surface area contributed by atoms with Gasteiger partial charge in [0.05, 0.1) is 18.9 Å². The van der Waals surface area contributed by atoms with Crippen molar-refractivity contribution in [3.63, 3.8) is 0 Å². The molecular weight excluding hydrogens is 393 g/mol. The van der Waals surface area contributed by atoms with Crippen LogP contribution in [0, 0.1) is 11.2 Å². The summed E-state index contributed by atoms with van der Waals surface area (Å²) in [5.74, 6) is 0.375. The molecule has 0 saturated heterocycles. The maximum atomic E-state index is 15.0. The molecular formula is C25H28FN3O2. The second-order valence-corrected chi connectivity index (χ2v) is 8.95. The van der Waals surface area contributed by atoms with Crippen LogP contribution >= 0.6 is 0 Å². The summed E-state index contributed by atoms with van der Waals surface area (Å²) in [6.07, 6.45) is 5.07. The number of nitrogens with two attached hydrogens (primary N) is 1. The van der Waals surface area contributed by atoms with Crippen molar-refractivity contribution in [2.45, 2.75) is 50.8 Å². The maximum Gasteiger partial charge on any atom is 0.184 e. The van der Waals surface area contributed by atoms with Gasteiger partial charge in [0, 0.05) is 23.7 Å². The van der Waals surface area contributed by atoms with Gasteiger partial charge in [-0.3, -0.25) is 4.99 Å². The van der Waals surface area contributed by atoms with Gasteiger partial charge in [-0.25, -0.2) is 9.38 Å². The lowest BCUT2D eigenvalue weighted by molar-refractivity contribution is -0.000372. The number of methoxy groups -OCH3 is 2. The van der Waals surface area contributed by atoms with Crippen LogP contribution in [0.15, 0.2) is 46.4 Å². The highest BCUT2D eigenvalue weighted by Crippen LogP contribution is 2.62. The van der Waals surface area contributed by atoms with Crippen molar-refractivity contribution in [2.75, 3.05) is 14.2 Å². The quantitative estimate of drug-likeness (QED) is 0.786. The second-order valence-electron chi connectivity index (χ2n) is 8.95. The van der Waals surface area contributed by atoms with Gasteiger partial charge >= 0.3 is 0 Å². The summed E-state index contributed by atoms with van der Waals surface area (Å²) < 4.78 is 25.8. The van der Waals surface area contributed by atoms with Crippen LogP contribution in [0.3, 0.4) is 0 Å². The largest absolute Gasteiger partial charge is 0.494 e. The van der Waals surface area contributed by atoms with Crippen molar-refractivity contribution in [1.82, 2.24) is 0 Å². The van der Waals surface area contributed by atoms with Gasteiger partial charge in [-0.2, -0.15) is 0 Å². The number of amidine groups is 1. The Bertz CT molecular complexity index is 1080. The molecule has 0 aromatic heterocycles. The van der Waals surface area contributed by atoms with Gasteiger partial charge in [0.25, 0.3) is 0 Å². The summed E-state index contributed by atoms with van der Waals surface area (Å²) in [5, 5.41) is 0. The van der Waals surface area contributed by atoms with Gasteiger partial charge < -0.3 is 15.2 Å². The Morgan fingerprint density at radius 2 is 1.87 bits per heavy atom. The molecule has 2 aromatic rings. The number of benzene rings is 2. The normalized spacial score (nSPS) is 29.2. The van der Waals surface area contributed by atoms with Gasteiger partial charge in [0.15, 0.2) is 17.2 Å². The van der Waals surface area contributed by atoms with Gasteiger partial charge in [-0.05, 0) is 62.3 Å². The van der Waals surface area contributed by atoms with Crippen molar-refractivity contribution >= 4 is 11.5 Å². The number of ether oxygens (including phenoxy) is 2. The van der Waals surface area contributed by atoms with Gasteiger partial charge in [0.1, 0.15) is 5.84 Å². The first-order chi connectivity index (χ1) is 14.9. The zero-order chi connectivity index (χ0) is 21.8. The molecule has 1 saturated carbocycles. The number of fused-ring (bicyclic) bond motifs is 3. The molecule has 5 rings (SSSR count). The van der Waals surface area contributed by atoms with Crippen molar-refractivity contribution in [1.29, 1.82) is 0 Å². The lowest BCUT2D eigenvalue weighted by atomic mass is 9.65. The van der Waals surface area contributed by atoms with Crippen LogP contribution in [-0.2, 0) is 16.8 Å². The minimum atomic E-state index is -0.736. The monoisotopic (exact) mass is 421 g/mol. The molecule has 2 aromatic carbocycles. The molecule has 2 spiro atoms. The molecule has 1 fully saturated rings. The zero-order valence-corrected chi connectivity index (χ0v) is 18.2. The van der Waals surface area contributed by atoms with E-state index in [0.717, 1.165) is 48.9 Å². The van der Waals surface area contributed by atoms with Crippen LogP contribution in [0.2, 0.25) is 0 Å². The van der Waals surface area contributed by atoms with Crippen LogP contribution in [-0.4, -0.2) is 31.9 Å². The number of rotatable bonds is 3. The molecule has 162 valence electrons. The van der Waals surface area contributed by atoms with Crippen molar-refractivity contribution in [2.24, 2.45) is 21.1 Å². The average molecular weight is 422 g/mol. The molecule has 3 aliphatic rings. The SMILES string of the molecule is COc1cccc(-c2ccc3c(c2)C2(N=C(C)C(N)=N2)C2(CCC(OC)CC2)C3)c1F. The van der Waals surface area contributed by atoms with Crippen LogP contribution in [0.25, 0.3) is 11.1 Å². The Balaban J connectivity index is 1.65. The van der Waals surface area contributed by atoms with E-state index in [9.17, 15) is 0 Å². The molecule has 0 amide bonds. The molecule has 31 heavy (non-hydrogen) atoms. The molecule has 2 aliphatic carbocycles. The first-order valence-corrected chi connectivity index (χ1v) is 10.8. The Morgan fingerprint density at radius 3 is 2.52 bits per heavy atom. The van der Waals surface area contributed by atoms with Crippen LogP contribution in [0.4, 0.5) is 4.39 Å². The fourth-order valence-electron chi connectivity index (χ4n) is 5.73. The Labute approximate surface area is 182 Å². The highest BCUT2D eigenvalue weighted by molar-refractivity contribution is 6.41. The predicted octanol–water partition coefficient (Wildman–Crippen LogP) is 4.62. The smallest absolute Gasteiger partial charge is 0.184 e. The zero-order valence-electron chi connectivity index (χ0n) is 18.2. The van der Waals surface area contributed by atoms with Crippen LogP contribution in [0.5, 0.6) is 5.75 Å². The third-order valence-electron chi connectivity index (χ3n) is 7.45. The lowest BCUT2D eigenvalue weighted by Gasteiger charge is -2.44. The highest BCUT2D eigenvalue weighted by Gasteiger charge is 2.60. The van der Waals surface area contributed by atoms with E-state index in [1.54, 1.807) is 19.2 Å². The van der Waals surface area contributed by atoms with Crippen molar-refractivity contribution in [3.05, 3.63) is 53.3 Å². The number of nitrogens with zero attached hydrogens (tertiary/aromatic N) is 2. The summed E-state index contributed by atoms with van der Waals surface area (Å²) >= 11 is 0. The second kappa shape index (κ2) is 7.16. The first-order valence-electron chi connectivity index (χ1n) is 10.8. The molecule has 6 heteroatoms. The van der Waals surface area contributed by atoms with Crippen LogP contribution in [0.1, 0.15) is 43.7 Å². The molecule has 1 aliphatic heterocycles. The molecule has 1 atom stereocenters. The number of halogens is 1. The maximum absolute atomic E-state index is 15.0. The first kappa shape index (κ1) is 20.2. The summed E-state index contributed by atoms with van der Waals surface area (Å²) in [7, 11) is 3.26. The fraction of sp³-hybridized carbons (Fsp3) is 0.440. The minimum Gasteiger partial charge on any atom is -0.494 e. The topological polar surface area (TPSA) is 69.2 Å². The Kier molecular flexibility index (Phi) is 4.66. The molecule has 5 nitrogen and oxygen atoms in total. The van der Waals surface area contributed by atoms with Crippen molar-refractivity contribution < 1.29 is 13.9 Å². The lowest BCUT2D eigenvalue weighted by Crippen LogP contribution is -2.43. The van der Waals surface area contributed by atoms with E-state index in [1.807, 2.05) is 19.1 Å².